The second kappa shape index (κ2) is 5.39. The van der Waals surface area contributed by atoms with E-state index in [1.54, 1.807) is 6.20 Å². The van der Waals surface area contributed by atoms with E-state index >= 15 is 0 Å². The number of Topliss-reactive ketones (excluding diaryl/α,β-unsaturated/α-hetero) is 1. The minimum atomic E-state index is 0.207. The number of benzene rings is 1. The molecule has 0 aliphatic heterocycles. The van der Waals surface area contributed by atoms with E-state index in [-0.39, 0.29) is 5.78 Å². The van der Waals surface area contributed by atoms with Crippen LogP contribution in [-0.2, 0) is 0 Å². The molecule has 0 N–H and O–H groups in total. The van der Waals surface area contributed by atoms with E-state index in [2.05, 4.69) is 4.98 Å². The Kier molecular flexibility index (Phi) is 3.66. The second-order valence-electron chi connectivity index (χ2n) is 4.00. The summed E-state index contributed by atoms with van der Waals surface area (Å²) in [5, 5.41) is 0. The van der Waals surface area contributed by atoms with Crippen LogP contribution in [0.25, 0.3) is 11.1 Å². The average Bonchev–Trinajstić information content (AvgIpc) is 2.40. The molecule has 2 rings (SSSR count). The van der Waals surface area contributed by atoms with Crippen molar-refractivity contribution >= 4 is 5.78 Å². The number of ketones is 1. The van der Waals surface area contributed by atoms with Crippen molar-refractivity contribution in [3.8, 4) is 11.1 Å². The van der Waals surface area contributed by atoms with Gasteiger partial charge in [-0.05, 0) is 24.1 Å². The van der Waals surface area contributed by atoms with E-state index in [4.69, 9.17) is 0 Å². The highest BCUT2D eigenvalue weighted by Crippen LogP contribution is 2.20. The first-order chi connectivity index (χ1) is 8.31. The Labute approximate surface area is 101 Å². The summed E-state index contributed by atoms with van der Waals surface area (Å²) in [6.07, 6.45) is 5.05. The smallest absolute Gasteiger partial charge is 0.162 e. The summed E-state index contributed by atoms with van der Waals surface area (Å²) >= 11 is 0. The van der Waals surface area contributed by atoms with Gasteiger partial charge < -0.3 is 0 Å². The quantitative estimate of drug-likeness (QED) is 0.742. The zero-order valence-corrected chi connectivity index (χ0v) is 9.89. The molecule has 0 amide bonds. The molecule has 0 aliphatic rings. The van der Waals surface area contributed by atoms with Crippen molar-refractivity contribution in [2.24, 2.45) is 0 Å². The first-order valence-electron chi connectivity index (χ1n) is 5.85. The number of hydrogen-bond acceptors (Lipinski definition) is 2. The zero-order valence-electron chi connectivity index (χ0n) is 9.89. The van der Waals surface area contributed by atoms with Crippen LogP contribution < -0.4 is 0 Å². The molecule has 1 aromatic heterocycles. The first kappa shape index (κ1) is 11.5. The maximum absolute atomic E-state index is 11.8. The summed E-state index contributed by atoms with van der Waals surface area (Å²) in [5.74, 6) is 0.207. The molecule has 0 bridgehead atoms. The number of rotatable bonds is 4. The molecule has 0 saturated heterocycles. The van der Waals surface area contributed by atoms with E-state index < -0.39 is 0 Å². The van der Waals surface area contributed by atoms with Crippen LogP contribution in [0, 0.1) is 0 Å². The fraction of sp³-hybridized carbons (Fsp3) is 0.200. The number of hydrogen-bond donors (Lipinski definition) is 0. The molecule has 2 aromatic rings. The fourth-order valence-corrected chi connectivity index (χ4v) is 1.78. The van der Waals surface area contributed by atoms with Gasteiger partial charge in [0.2, 0.25) is 0 Å². The normalized spacial score (nSPS) is 10.2. The molecular formula is C15H15NO. The van der Waals surface area contributed by atoms with Crippen LogP contribution in [0.2, 0.25) is 0 Å². The molecule has 0 atom stereocenters. The van der Waals surface area contributed by atoms with Crippen LogP contribution in [0.5, 0.6) is 0 Å². The number of aromatic nitrogens is 1. The van der Waals surface area contributed by atoms with Crippen molar-refractivity contribution in [3.63, 3.8) is 0 Å². The maximum atomic E-state index is 11.8. The second-order valence-corrected chi connectivity index (χ2v) is 4.00. The van der Waals surface area contributed by atoms with Gasteiger partial charge in [-0.15, -0.1) is 0 Å². The van der Waals surface area contributed by atoms with Gasteiger partial charge in [-0.25, -0.2) is 0 Å². The molecular weight excluding hydrogens is 210 g/mol. The predicted molar refractivity (Wildman–Crippen MR) is 68.9 cm³/mol. The third kappa shape index (κ3) is 2.78. The number of pyridine rings is 1. The first-order valence-corrected chi connectivity index (χ1v) is 5.85. The van der Waals surface area contributed by atoms with Crippen molar-refractivity contribution in [1.82, 2.24) is 4.98 Å². The van der Waals surface area contributed by atoms with Crippen LogP contribution in [0.3, 0.4) is 0 Å². The Bertz CT molecular complexity index is 505. The van der Waals surface area contributed by atoms with E-state index in [9.17, 15) is 4.79 Å². The summed E-state index contributed by atoms with van der Waals surface area (Å²) in [6, 6.07) is 11.6. The van der Waals surface area contributed by atoms with Crippen molar-refractivity contribution in [3.05, 3.63) is 54.4 Å². The largest absolute Gasteiger partial charge is 0.294 e. The molecule has 0 spiro atoms. The van der Waals surface area contributed by atoms with Gasteiger partial charge in [0.05, 0.1) is 0 Å². The molecule has 86 valence electrons. The number of carbonyl (C=O) groups is 1. The molecule has 1 heterocycles. The molecule has 0 saturated carbocycles. The molecule has 0 aliphatic carbocycles. The van der Waals surface area contributed by atoms with Gasteiger partial charge in [-0.2, -0.15) is 0 Å². The van der Waals surface area contributed by atoms with Gasteiger partial charge in [0.25, 0.3) is 0 Å². The van der Waals surface area contributed by atoms with Gasteiger partial charge in [-0.3, -0.25) is 9.78 Å². The standard InChI is InChI=1S/C15H15NO/c1-2-5-15(17)13-7-3-6-12(10-13)14-8-4-9-16-11-14/h3-4,6-11H,2,5H2,1H3. The van der Waals surface area contributed by atoms with E-state index in [1.165, 1.54) is 0 Å². The predicted octanol–water partition coefficient (Wildman–Crippen LogP) is 3.73. The topological polar surface area (TPSA) is 30.0 Å². The minimum Gasteiger partial charge on any atom is -0.294 e. The van der Waals surface area contributed by atoms with Crippen LogP contribution in [0.1, 0.15) is 30.1 Å². The Hall–Kier alpha value is -1.96. The van der Waals surface area contributed by atoms with Crippen molar-refractivity contribution in [2.75, 3.05) is 0 Å². The van der Waals surface area contributed by atoms with E-state index in [0.29, 0.717) is 6.42 Å². The van der Waals surface area contributed by atoms with Crippen molar-refractivity contribution in [1.29, 1.82) is 0 Å². The lowest BCUT2D eigenvalue weighted by molar-refractivity contribution is 0.0982. The minimum absolute atomic E-state index is 0.207. The van der Waals surface area contributed by atoms with Gasteiger partial charge in [0, 0.05) is 29.9 Å². The highest BCUT2D eigenvalue weighted by molar-refractivity contribution is 5.97. The maximum Gasteiger partial charge on any atom is 0.162 e. The molecule has 2 nitrogen and oxygen atoms in total. The Morgan fingerprint density at radius 2 is 2.00 bits per heavy atom. The number of nitrogens with zero attached hydrogens (tertiary/aromatic N) is 1. The summed E-state index contributed by atoms with van der Waals surface area (Å²) in [5.41, 5.74) is 2.87. The Morgan fingerprint density at radius 1 is 1.18 bits per heavy atom. The summed E-state index contributed by atoms with van der Waals surface area (Å²) in [7, 11) is 0. The Balaban J connectivity index is 2.32. The monoisotopic (exact) mass is 225 g/mol. The summed E-state index contributed by atoms with van der Waals surface area (Å²) in [6.45, 7) is 2.02. The lowest BCUT2D eigenvalue weighted by Crippen LogP contribution is -1.97. The van der Waals surface area contributed by atoms with Crippen LogP contribution in [0.4, 0.5) is 0 Å². The van der Waals surface area contributed by atoms with Crippen LogP contribution in [0.15, 0.2) is 48.8 Å². The van der Waals surface area contributed by atoms with Crippen molar-refractivity contribution in [2.45, 2.75) is 19.8 Å². The lowest BCUT2D eigenvalue weighted by atomic mass is 10.0. The molecule has 17 heavy (non-hydrogen) atoms. The average molecular weight is 225 g/mol. The van der Waals surface area contributed by atoms with Crippen LogP contribution in [-0.4, -0.2) is 10.8 Å². The summed E-state index contributed by atoms with van der Waals surface area (Å²) < 4.78 is 0. The van der Waals surface area contributed by atoms with Gasteiger partial charge >= 0.3 is 0 Å². The third-order valence-corrected chi connectivity index (χ3v) is 2.66. The lowest BCUT2D eigenvalue weighted by Gasteiger charge is -2.04. The summed E-state index contributed by atoms with van der Waals surface area (Å²) in [4.78, 5) is 15.9. The molecule has 0 unspecified atom stereocenters. The van der Waals surface area contributed by atoms with Gasteiger partial charge in [0.15, 0.2) is 5.78 Å². The highest BCUT2D eigenvalue weighted by atomic mass is 16.1. The molecule has 2 heteroatoms. The molecule has 0 fully saturated rings. The van der Waals surface area contributed by atoms with Crippen LogP contribution >= 0.6 is 0 Å². The number of carbonyl (C=O) groups excluding carboxylic acids is 1. The van der Waals surface area contributed by atoms with Gasteiger partial charge in [-0.1, -0.05) is 31.2 Å². The van der Waals surface area contributed by atoms with E-state index in [1.807, 2.05) is 49.5 Å². The van der Waals surface area contributed by atoms with Gasteiger partial charge in [0.1, 0.15) is 0 Å². The third-order valence-electron chi connectivity index (χ3n) is 2.66. The molecule has 0 radical (unpaired) electrons. The Morgan fingerprint density at radius 3 is 2.71 bits per heavy atom. The highest BCUT2D eigenvalue weighted by Gasteiger charge is 2.05. The molecule has 1 aromatic carbocycles. The zero-order chi connectivity index (χ0) is 12.1. The van der Waals surface area contributed by atoms with E-state index in [0.717, 1.165) is 23.1 Å². The SMILES string of the molecule is CCCC(=O)c1cccc(-c2cccnc2)c1. The fourth-order valence-electron chi connectivity index (χ4n) is 1.78. The van der Waals surface area contributed by atoms with Crippen molar-refractivity contribution < 1.29 is 4.79 Å².